The number of hydrogen-bond acceptors (Lipinski definition) is 3. The van der Waals surface area contributed by atoms with Crippen LogP contribution in [-0.4, -0.2) is 18.8 Å². The molecule has 7 heteroatoms. The molecule has 1 aromatic heterocycles. The van der Waals surface area contributed by atoms with Crippen molar-refractivity contribution in [3.8, 4) is 5.75 Å². The van der Waals surface area contributed by atoms with Crippen LogP contribution < -0.4 is 10.1 Å². The lowest BCUT2D eigenvalue weighted by atomic mass is 10.0. The maximum Gasteiger partial charge on any atom is 0.395 e. The molecule has 1 unspecified atom stereocenters. The minimum absolute atomic E-state index is 0. The van der Waals surface area contributed by atoms with Crippen LogP contribution in [0.15, 0.2) is 5.38 Å². The van der Waals surface area contributed by atoms with Crippen LogP contribution in [0.5, 0.6) is 5.75 Å². The highest BCUT2D eigenvalue weighted by Crippen LogP contribution is 2.43. The van der Waals surface area contributed by atoms with Crippen LogP contribution in [-0.2, 0) is 6.54 Å². The van der Waals surface area contributed by atoms with Gasteiger partial charge in [0.2, 0.25) is 0 Å². The standard InChI is InChI=1S/C11H14F3NOS.ClH/c1-6-3-15-4-9-10(16-6)8(5-17-9)7(2)11(12,13)14;/h5-7,15H,3-4H2,1-2H3;1H/t6-,7?;/m0./s1. The summed E-state index contributed by atoms with van der Waals surface area (Å²) in [4.78, 5) is 0.848. The molecule has 18 heavy (non-hydrogen) atoms. The van der Waals surface area contributed by atoms with E-state index in [-0.39, 0.29) is 24.1 Å². The lowest BCUT2D eigenvalue weighted by Gasteiger charge is -2.18. The van der Waals surface area contributed by atoms with E-state index in [1.54, 1.807) is 5.38 Å². The summed E-state index contributed by atoms with van der Waals surface area (Å²) >= 11 is 1.32. The number of nitrogens with one attached hydrogen (secondary N) is 1. The van der Waals surface area contributed by atoms with Crippen molar-refractivity contribution in [2.75, 3.05) is 6.54 Å². The Hall–Kier alpha value is -0.460. The van der Waals surface area contributed by atoms with Crippen LogP contribution in [0.2, 0.25) is 0 Å². The zero-order valence-corrected chi connectivity index (χ0v) is 11.6. The molecule has 0 radical (unpaired) electrons. The number of thiophene rings is 1. The Morgan fingerprint density at radius 1 is 1.50 bits per heavy atom. The molecular formula is C11H15ClF3NOS. The first kappa shape index (κ1) is 15.6. The van der Waals surface area contributed by atoms with E-state index in [9.17, 15) is 13.2 Å². The van der Waals surface area contributed by atoms with E-state index in [4.69, 9.17) is 4.74 Å². The minimum atomic E-state index is -4.22. The number of hydrogen-bond donors (Lipinski definition) is 1. The molecular weight excluding hydrogens is 287 g/mol. The van der Waals surface area contributed by atoms with Crippen molar-refractivity contribution in [1.29, 1.82) is 0 Å². The van der Waals surface area contributed by atoms with Crippen LogP contribution in [0.4, 0.5) is 13.2 Å². The van der Waals surface area contributed by atoms with Crippen LogP contribution in [0.1, 0.15) is 30.2 Å². The van der Waals surface area contributed by atoms with Gasteiger partial charge in [0.1, 0.15) is 11.9 Å². The molecule has 2 atom stereocenters. The van der Waals surface area contributed by atoms with Gasteiger partial charge in [0.25, 0.3) is 0 Å². The molecule has 0 saturated heterocycles. The summed E-state index contributed by atoms with van der Waals surface area (Å²) < 4.78 is 43.7. The zero-order valence-electron chi connectivity index (χ0n) is 10.0. The Bertz CT molecular complexity index is 407. The molecule has 1 N–H and O–H groups in total. The fourth-order valence-corrected chi connectivity index (χ4v) is 2.80. The van der Waals surface area contributed by atoms with Gasteiger partial charge in [0.05, 0.1) is 10.8 Å². The zero-order chi connectivity index (χ0) is 12.6. The lowest BCUT2D eigenvalue weighted by Crippen LogP contribution is -2.25. The molecule has 2 rings (SSSR count). The summed E-state index contributed by atoms with van der Waals surface area (Å²) in [6.07, 6.45) is -4.33. The largest absolute Gasteiger partial charge is 0.488 e. The summed E-state index contributed by atoms with van der Waals surface area (Å²) in [5.74, 6) is -1.05. The van der Waals surface area contributed by atoms with Crippen molar-refractivity contribution in [2.24, 2.45) is 0 Å². The van der Waals surface area contributed by atoms with E-state index in [2.05, 4.69) is 5.32 Å². The first-order chi connectivity index (χ1) is 7.89. The first-order valence-corrected chi connectivity index (χ1v) is 6.32. The average Bonchev–Trinajstić information content (AvgIpc) is 2.50. The molecule has 0 amide bonds. The second-order valence-corrected chi connectivity index (χ2v) is 5.23. The van der Waals surface area contributed by atoms with Gasteiger partial charge in [-0.05, 0) is 19.2 Å². The summed E-state index contributed by atoms with van der Waals surface area (Å²) in [6.45, 7) is 4.26. The van der Waals surface area contributed by atoms with Gasteiger partial charge in [-0.2, -0.15) is 13.2 Å². The van der Waals surface area contributed by atoms with Gasteiger partial charge < -0.3 is 10.1 Å². The Kier molecular flexibility index (Phi) is 4.91. The lowest BCUT2D eigenvalue weighted by molar-refractivity contribution is -0.146. The van der Waals surface area contributed by atoms with E-state index in [0.717, 1.165) is 4.88 Å². The van der Waals surface area contributed by atoms with Gasteiger partial charge >= 0.3 is 6.18 Å². The van der Waals surface area contributed by atoms with Crippen LogP contribution in [0.3, 0.4) is 0 Å². The van der Waals surface area contributed by atoms with Crippen molar-refractivity contribution in [1.82, 2.24) is 5.32 Å². The van der Waals surface area contributed by atoms with Gasteiger partial charge in [-0.25, -0.2) is 0 Å². The minimum Gasteiger partial charge on any atom is -0.488 e. The summed E-state index contributed by atoms with van der Waals surface area (Å²) in [5.41, 5.74) is 0.257. The Morgan fingerprint density at radius 2 is 2.17 bits per heavy atom. The molecule has 1 aliphatic rings. The molecule has 104 valence electrons. The average molecular weight is 302 g/mol. The highest BCUT2D eigenvalue weighted by atomic mass is 35.5. The van der Waals surface area contributed by atoms with Gasteiger partial charge in [-0.15, -0.1) is 23.7 Å². The van der Waals surface area contributed by atoms with Crippen molar-refractivity contribution in [2.45, 2.75) is 38.6 Å². The predicted molar refractivity (Wildman–Crippen MR) is 67.8 cm³/mol. The van der Waals surface area contributed by atoms with E-state index in [1.165, 1.54) is 18.3 Å². The fraction of sp³-hybridized carbons (Fsp3) is 0.636. The molecule has 0 saturated carbocycles. The molecule has 1 aromatic rings. The van der Waals surface area contributed by atoms with Gasteiger partial charge in [-0.3, -0.25) is 0 Å². The number of ether oxygens (including phenoxy) is 1. The fourth-order valence-electron chi connectivity index (χ4n) is 1.77. The Balaban J connectivity index is 0.00000162. The molecule has 0 aromatic carbocycles. The summed E-state index contributed by atoms with van der Waals surface area (Å²) in [5, 5.41) is 4.71. The number of halogens is 4. The molecule has 1 aliphatic heterocycles. The van der Waals surface area contributed by atoms with Crippen molar-refractivity contribution >= 4 is 23.7 Å². The summed E-state index contributed by atoms with van der Waals surface area (Å²) in [6, 6.07) is 0. The monoisotopic (exact) mass is 301 g/mol. The molecule has 0 aliphatic carbocycles. The normalized spacial score (nSPS) is 21.3. The van der Waals surface area contributed by atoms with E-state index in [1.807, 2.05) is 6.92 Å². The molecule has 2 heterocycles. The summed E-state index contributed by atoms with van der Waals surface area (Å²) in [7, 11) is 0. The van der Waals surface area contributed by atoms with Crippen LogP contribution in [0, 0.1) is 0 Å². The number of alkyl halides is 3. The van der Waals surface area contributed by atoms with Gasteiger partial charge in [0, 0.05) is 18.7 Å². The number of rotatable bonds is 1. The van der Waals surface area contributed by atoms with Crippen molar-refractivity contribution in [3.05, 3.63) is 15.8 Å². The predicted octanol–water partition coefficient (Wildman–Crippen LogP) is 3.71. The van der Waals surface area contributed by atoms with E-state index < -0.39 is 12.1 Å². The molecule has 2 nitrogen and oxygen atoms in total. The third-order valence-corrected chi connectivity index (χ3v) is 3.82. The van der Waals surface area contributed by atoms with Gasteiger partial charge in [-0.1, -0.05) is 0 Å². The van der Waals surface area contributed by atoms with E-state index >= 15 is 0 Å². The molecule has 0 spiro atoms. The number of fused-ring (bicyclic) bond motifs is 1. The Labute approximate surface area is 114 Å². The Morgan fingerprint density at radius 3 is 2.78 bits per heavy atom. The highest BCUT2D eigenvalue weighted by molar-refractivity contribution is 7.10. The topological polar surface area (TPSA) is 21.3 Å². The smallest absolute Gasteiger partial charge is 0.395 e. The van der Waals surface area contributed by atoms with Crippen molar-refractivity contribution < 1.29 is 17.9 Å². The SMILES string of the molecule is CC(c1csc2c1O[C@@H](C)CNC2)C(F)(F)F.Cl. The third-order valence-electron chi connectivity index (χ3n) is 2.84. The highest BCUT2D eigenvalue weighted by Gasteiger charge is 2.40. The molecule has 0 bridgehead atoms. The maximum absolute atomic E-state index is 12.7. The van der Waals surface area contributed by atoms with Crippen LogP contribution >= 0.6 is 23.7 Å². The maximum atomic E-state index is 12.7. The van der Waals surface area contributed by atoms with Crippen molar-refractivity contribution in [3.63, 3.8) is 0 Å². The quantitative estimate of drug-likeness (QED) is 0.854. The molecule has 0 fully saturated rings. The second-order valence-electron chi connectivity index (χ2n) is 4.27. The first-order valence-electron chi connectivity index (χ1n) is 5.44. The van der Waals surface area contributed by atoms with E-state index in [0.29, 0.717) is 18.8 Å². The van der Waals surface area contributed by atoms with Crippen LogP contribution in [0.25, 0.3) is 0 Å². The third kappa shape index (κ3) is 3.10. The second kappa shape index (κ2) is 5.67. The van der Waals surface area contributed by atoms with Gasteiger partial charge in [0.15, 0.2) is 0 Å².